The minimum Gasteiger partial charge on any atom is -0.345 e. The molecule has 1 aromatic rings. The summed E-state index contributed by atoms with van der Waals surface area (Å²) < 4.78 is 0. The Bertz CT molecular complexity index is 446. The van der Waals surface area contributed by atoms with E-state index < -0.39 is 0 Å². The minimum atomic E-state index is -0.368. The first-order valence-electron chi connectivity index (χ1n) is 5.19. The molecule has 1 aromatic heterocycles. The van der Waals surface area contributed by atoms with Gasteiger partial charge in [-0.1, -0.05) is 22.9 Å². The number of amides is 1. The maximum atomic E-state index is 11.9. The highest BCUT2D eigenvalue weighted by Crippen LogP contribution is 2.17. The number of nitriles is 1. The quantitative estimate of drug-likeness (QED) is 0.870. The second-order valence-corrected chi connectivity index (χ2v) is 5.71. The summed E-state index contributed by atoms with van der Waals surface area (Å²) in [5, 5.41) is 11.5. The molecular formula is C12H14BrN3O. The maximum absolute atomic E-state index is 11.9. The summed E-state index contributed by atoms with van der Waals surface area (Å²) in [6.45, 7) is 5.81. The highest BCUT2D eigenvalue weighted by Gasteiger charge is 2.26. The second kappa shape index (κ2) is 5.28. The third-order valence-corrected chi connectivity index (χ3v) is 3.70. The van der Waals surface area contributed by atoms with Gasteiger partial charge in [-0.05, 0) is 26.0 Å². The van der Waals surface area contributed by atoms with Crippen LogP contribution >= 0.6 is 15.9 Å². The zero-order chi connectivity index (χ0) is 13.1. The molecule has 0 fully saturated rings. The van der Waals surface area contributed by atoms with Crippen LogP contribution in [0.25, 0.3) is 0 Å². The highest BCUT2D eigenvalue weighted by molar-refractivity contribution is 9.09. The van der Waals surface area contributed by atoms with E-state index in [0.29, 0.717) is 11.3 Å². The van der Waals surface area contributed by atoms with Crippen LogP contribution in [0.1, 0.15) is 36.8 Å². The van der Waals surface area contributed by atoms with Crippen molar-refractivity contribution >= 4 is 21.8 Å². The highest BCUT2D eigenvalue weighted by atomic mass is 79.9. The molecule has 0 saturated carbocycles. The van der Waals surface area contributed by atoms with Crippen molar-refractivity contribution in [1.82, 2.24) is 10.3 Å². The van der Waals surface area contributed by atoms with E-state index in [9.17, 15) is 4.79 Å². The number of hydrogen-bond acceptors (Lipinski definition) is 3. The molecular weight excluding hydrogens is 282 g/mol. The summed E-state index contributed by atoms with van der Waals surface area (Å²) in [7, 11) is 0. The molecule has 0 radical (unpaired) electrons. The predicted molar refractivity (Wildman–Crippen MR) is 68.9 cm³/mol. The molecule has 90 valence electrons. The zero-order valence-electron chi connectivity index (χ0n) is 9.99. The Hall–Kier alpha value is -1.41. The Morgan fingerprint density at radius 1 is 1.59 bits per heavy atom. The van der Waals surface area contributed by atoms with E-state index in [4.69, 9.17) is 5.26 Å². The van der Waals surface area contributed by atoms with E-state index in [1.165, 1.54) is 6.20 Å². The fourth-order valence-electron chi connectivity index (χ4n) is 1.05. The molecule has 1 amide bonds. The van der Waals surface area contributed by atoms with Gasteiger partial charge >= 0.3 is 0 Å². The van der Waals surface area contributed by atoms with Crippen LogP contribution in [0.2, 0.25) is 0 Å². The fraction of sp³-hybridized carbons (Fsp3) is 0.417. The number of nitrogens with one attached hydrogen (secondary N) is 1. The zero-order valence-corrected chi connectivity index (χ0v) is 11.6. The first-order chi connectivity index (χ1) is 7.86. The number of carbonyl (C=O) groups is 1. The van der Waals surface area contributed by atoms with Gasteiger partial charge in [-0.15, -0.1) is 0 Å². The van der Waals surface area contributed by atoms with Gasteiger partial charge in [-0.3, -0.25) is 4.79 Å². The summed E-state index contributed by atoms with van der Waals surface area (Å²) in [5.74, 6) is -0.245. The van der Waals surface area contributed by atoms with Crippen LogP contribution in [0, 0.1) is 11.3 Å². The molecule has 0 aliphatic rings. The van der Waals surface area contributed by atoms with Crippen molar-refractivity contribution in [3.05, 3.63) is 29.6 Å². The minimum absolute atomic E-state index is 0.136. The normalized spacial score (nSPS) is 12.6. The molecule has 0 spiro atoms. The van der Waals surface area contributed by atoms with Crippen LogP contribution in [-0.2, 0) is 0 Å². The Morgan fingerprint density at radius 2 is 2.24 bits per heavy atom. The monoisotopic (exact) mass is 295 g/mol. The lowest BCUT2D eigenvalue weighted by atomic mass is 10.0. The number of pyridine rings is 1. The van der Waals surface area contributed by atoms with Gasteiger partial charge in [0.15, 0.2) is 0 Å². The summed E-state index contributed by atoms with van der Waals surface area (Å²) in [6, 6.07) is 5.08. The van der Waals surface area contributed by atoms with Crippen LogP contribution < -0.4 is 5.32 Å². The Balaban J connectivity index is 2.81. The molecule has 1 N–H and O–H groups in total. The molecule has 0 bridgehead atoms. The molecule has 1 rings (SSSR count). The van der Waals surface area contributed by atoms with Gasteiger partial charge in [0.1, 0.15) is 11.8 Å². The number of hydrogen-bond donors (Lipinski definition) is 1. The first-order valence-corrected chi connectivity index (χ1v) is 6.11. The Kier molecular flexibility index (Phi) is 4.24. The number of rotatable bonds is 3. The summed E-state index contributed by atoms with van der Waals surface area (Å²) in [5.41, 5.74) is 0.382. The van der Waals surface area contributed by atoms with Crippen LogP contribution in [0.3, 0.4) is 0 Å². The SMILES string of the molecule is CC(Br)C(C)(C)NC(=O)c1ccc(C#N)cn1. The van der Waals surface area contributed by atoms with Crippen molar-refractivity contribution in [3.63, 3.8) is 0 Å². The lowest BCUT2D eigenvalue weighted by molar-refractivity contribution is 0.0908. The Morgan fingerprint density at radius 3 is 2.65 bits per heavy atom. The Labute approximate surface area is 109 Å². The fourth-order valence-corrected chi connectivity index (χ4v) is 1.16. The molecule has 0 saturated heterocycles. The molecule has 0 aliphatic heterocycles. The second-order valence-electron chi connectivity index (χ2n) is 4.34. The molecule has 0 aromatic carbocycles. The summed E-state index contributed by atoms with van der Waals surface area (Å²) in [6.07, 6.45) is 1.39. The molecule has 1 heterocycles. The van der Waals surface area contributed by atoms with Crippen molar-refractivity contribution in [3.8, 4) is 6.07 Å². The topological polar surface area (TPSA) is 65.8 Å². The van der Waals surface area contributed by atoms with Gasteiger partial charge < -0.3 is 5.32 Å². The van der Waals surface area contributed by atoms with Gasteiger partial charge in [0.25, 0.3) is 5.91 Å². The predicted octanol–water partition coefficient (Wildman–Crippen LogP) is 2.25. The van der Waals surface area contributed by atoms with Crippen molar-refractivity contribution in [2.75, 3.05) is 0 Å². The van der Waals surface area contributed by atoms with Crippen molar-refractivity contribution in [1.29, 1.82) is 5.26 Å². The van der Waals surface area contributed by atoms with Gasteiger partial charge in [0.2, 0.25) is 0 Å². The average Bonchev–Trinajstić information content (AvgIpc) is 2.28. The number of aromatic nitrogens is 1. The van der Waals surface area contributed by atoms with Gasteiger partial charge in [0.05, 0.1) is 5.56 Å². The van der Waals surface area contributed by atoms with Crippen molar-refractivity contribution in [2.24, 2.45) is 0 Å². The number of alkyl halides is 1. The van der Waals surface area contributed by atoms with Gasteiger partial charge in [-0.2, -0.15) is 5.26 Å². The smallest absolute Gasteiger partial charge is 0.270 e. The van der Waals surface area contributed by atoms with E-state index in [-0.39, 0.29) is 16.3 Å². The largest absolute Gasteiger partial charge is 0.345 e. The molecule has 1 atom stereocenters. The molecule has 5 heteroatoms. The third-order valence-electron chi connectivity index (χ3n) is 2.56. The molecule has 1 unspecified atom stereocenters. The van der Waals surface area contributed by atoms with Crippen LogP contribution in [0.5, 0.6) is 0 Å². The maximum Gasteiger partial charge on any atom is 0.270 e. The number of nitrogens with zero attached hydrogens (tertiary/aromatic N) is 2. The number of carbonyl (C=O) groups excluding carboxylic acids is 1. The van der Waals surface area contributed by atoms with E-state index in [2.05, 4.69) is 26.2 Å². The standard InChI is InChI=1S/C12H14BrN3O/c1-8(13)12(2,3)16-11(17)10-5-4-9(6-14)7-15-10/h4-5,7-8H,1-3H3,(H,16,17). The van der Waals surface area contributed by atoms with E-state index >= 15 is 0 Å². The summed E-state index contributed by atoms with van der Waals surface area (Å²) >= 11 is 3.44. The molecule has 0 aliphatic carbocycles. The third kappa shape index (κ3) is 3.53. The first kappa shape index (κ1) is 13.7. The van der Waals surface area contributed by atoms with E-state index in [0.717, 1.165) is 0 Å². The summed E-state index contributed by atoms with van der Waals surface area (Å²) in [4.78, 5) is 16.0. The lowest BCUT2D eigenvalue weighted by Crippen LogP contribution is -2.49. The average molecular weight is 296 g/mol. The number of halogens is 1. The van der Waals surface area contributed by atoms with Crippen LogP contribution in [0.15, 0.2) is 18.3 Å². The molecule has 4 nitrogen and oxygen atoms in total. The van der Waals surface area contributed by atoms with Crippen molar-refractivity contribution in [2.45, 2.75) is 31.1 Å². The van der Waals surface area contributed by atoms with Gasteiger partial charge in [0, 0.05) is 16.6 Å². The van der Waals surface area contributed by atoms with Gasteiger partial charge in [-0.25, -0.2) is 4.98 Å². The van der Waals surface area contributed by atoms with E-state index in [1.54, 1.807) is 12.1 Å². The van der Waals surface area contributed by atoms with Crippen LogP contribution in [-0.4, -0.2) is 21.3 Å². The van der Waals surface area contributed by atoms with Crippen molar-refractivity contribution < 1.29 is 4.79 Å². The lowest BCUT2D eigenvalue weighted by Gasteiger charge is -2.29. The van der Waals surface area contributed by atoms with E-state index in [1.807, 2.05) is 26.8 Å². The molecule has 17 heavy (non-hydrogen) atoms. The van der Waals surface area contributed by atoms with Crippen LogP contribution in [0.4, 0.5) is 0 Å².